The average Bonchev–Trinajstić information content (AvgIpc) is 2.32. The van der Waals surface area contributed by atoms with E-state index < -0.39 is 0 Å². The van der Waals surface area contributed by atoms with Crippen LogP contribution in [0.5, 0.6) is 0 Å². The van der Waals surface area contributed by atoms with Crippen LogP contribution in [0.15, 0.2) is 24.3 Å². The monoisotopic (exact) mass is 263 g/mol. The summed E-state index contributed by atoms with van der Waals surface area (Å²) in [6.45, 7) is 12.6. The highest BCUT2D eigenvalue weighted by atomic mass is 16.5. The van der Waals surface area contributed by atoms with Gasteiger partial charge in [0.05, 0.1) is 6.10 Å². The largest absolute Gasteiger partial charge is 0.372 e. The Balaban J connectivity index is 2.62. The summed E-state index contributed by atoms with van der Waals surface area (Å²) in [4.78, 5) is 0. The first-order chi connectivity index (χ1) is 8.99. The number of hydrogen-bond donors (Lipinski definition) is 1. The van der Waals surface area contributed by atoms with Crippen molar-refractivity contribution in [2.45, 2.75) is 53.2 Å². The van der Waals surface area contributed by atoms with E-state index >= 15 is 0 Å². The second-order valence-corrected chi connectivity index (χ2v) is 6.02. The fourth-order valence-electron chi connectivity index (χ4n) is 1.93. The summed E-state index contributed by atoms with van der Waals surface area (Å²) in [5.41, 5.74) is 2.57. The lowest BCUT2D eigenvalue weighted by Gasteiger charge is -2.21. The van der Waals surface area contributed by atoms with Crippen molar-refractivity contribution in [3.05, 3.63) is 35.4 Å². The van der Waals surface area contributed by atoms with Crippen LogP contribution in [0, 0.1) is 12.8 Å². The van der Waals surface area contributed by atoms with Crippen LogP contribution in [0.2, 0.25) is 0 Å². The molecule has 0 aliphatic rings. The van der Waals surface area contributed by atoms with Gasteiger partial charge in [-0.1, -0.05) is 57.5 Å². The van der Waals surface area contributed by atoms with Crippen LogP contribution in [0.3, 0.4) is 0 Å². The zero-order valence-electron chi connectivity index (χ0n) is 13.1. The minimum Gasteiger partial charge on any atom is -0.372 e. The first-order valence-electron chi connectivity index (χ1n) is 7.40. The lowest BCUT2D eigenvalue weighted by atomic mass is 10.1. The highest BCUT2D eigenvalue weighted by molar-refractivity contribution is 5.24. The highest BCUT2D eigenvalue weighted by Gasteiger charge is 2.12. The molecule has 1 unspecified atom stereocenters. The molecule has 0 bridgehead atoms. The molecule has 0 saturated heterocycles. The lowest BCUT2D eigenvalue weighted by molar-refractivity contribution is 0.0445. The van der Waals surface area contributed by atoms with Crippen LogP contribution < -0.4 is 5.32 Å². The summed E-state index contributed by atoms with van der Waals surface area (Å²) in [5.74, 6) is 0.691. The fraction of sp³-hybridized carbons (Fsp3) is 0.647. The van der Waals surface area contributed by atoms with E-state index in [2.05, 4.69) is 64.2 Å². The maximum atomic E-state index is 6.08. The Labute approximate surface area is 118 Å². The van der Waals surface area contributed by atoms with Crippen molar-refractivity contribution in [1.29, 1.82) is 0 Å². The Morgan fingerprint density at radius 2 is 1.89 bits per heavy atom. The molecule has 0 amide bonds. The minimum atomic E-state index is 0.154. The molecule has 19 heavy (non-hydrogen) atoms. The first-order valence-corrected chi connectivity index (χ1v) is 7.40. The number of hydrogen-bond acceptors (Lipinski definition) is 2. The predicted octanol–water partition coefficient (Wildman–Crippen LogP) is 4.10. The average molecular weight is 263 g/mol. The lowest BCUT2D eigenvalue weighted by Crippen LogP contribution is -2.29. The summed E-state index contributed by atoms with van der Waals surface area (Å²) >= 11 is 0. The van der Waals surface area contributed by atoms with E-state index in [0.717, 1.165) is 19.6 Å². The van der Waals surface area contributed by atoms with Gasteiger partial charge in [-0.2, -0.15) is 0 Å². The van der Waals surface area contributed by atoms with E-state index in [-0.39, 0.29) is 6.10 Å². The fourth-order valence-corrected chi connectivity index (χ4v) is 1.93. The number of ether oxygens (including phenoxy) is 1. The van der Waals surface area contributed by atoms with Crippen molar-refractivity contribution < 1.29 is 4.74 Å². The molecule has 0 aliphatic carbocycles. The van der Waals surface area contributed by atoms with Gasteiger partial charge in [-0.15, -0.1) is 0 Å². The van der Waals surface area contributed by atoms with E-state index in [9.17, 15) is 0 Å². The molecule has 0 aromatic heterocycles. The third-order valence-electron chi connectivity index (χ3n) is 3.14. The van der Waals surface area contributed by atoms with Crippen molar-refractivity contribution in [3.8, 4) is 0 Å². The van der Waals surface area contributed by atoms with Crippen molar-refractivity contribution in [1.82, 2.24) is 5.32 Å². The van der Waals surface area contributed by atoms with Crippen molar-refractivity contribution >= 4 is 0 Å². The molecule has 0 saturated carbocycles. The number of nitrogens with one attached hydrogen (secondary N) is 1. The molecule has 0 spiro atoms. The summed E-state index contributed by atoms with van der Waals surface area (Å²) in [5, 5.41) is 3.48. The molecule has 0 fully saturated rings. The van der Waals surface area contributed by atoms with Gasteiger partial charge in [0.1, 0.15) is 0 Å². The molecule has 0 heterocycles. The van der Waals surface area contributed by atoms with Gasteiger partial charge in [0.25, 0.3) is 0 Å². The molecule has 108 valence electrons. The normalized spacial score (nSPS) is 13.2. The third-order valence-corrected chi connectivity index (χ3v) is 3.14. The van der Waals surface area contributed by atoms with Crippen LogP contribution in [0.4, 0.5) is 0 Å². The first kappa shape index (κ1) is 16.2. The minimum absolute atomic E-state index is 0.154. The van der Waals surface area contributed by atoms with Gasteiger partial charge in [0.15, 0.2) is 0 Å². The number of benzene rings is 1. The van der Waals surface area contributed by atoms with Crippen molar-refractivity contribution in [2.75, 3.05) is 13.2 Å². The molecule has 1 aromatic carbocycles. The Hall–Kier alpha value is -0.860. The van der Waals surface area contributed by atoms with Gasteiger partial charge in [0, 0.05) is 19.2 Å². The molecule has 2 heteroatoms. The summed E-state index contributed by atoms with van der Waals surface area (Å²) in [7, 11) is 0. The molecular weight excluding hydrogens is 234 g/mol. The summed E-state index contributed by atoms with van der Waals surface area (Å²) in [6.07, 6.45) is 1.27. The molecule has 0 radical (unpaired) electrons. The Morgan fingerprint density at radius 3 is 2.47 bits per heavy atom. The second kappa shape index (κ2) is 8.34. The maximum Gasteiger partial charge on any atom is 0.0949 e. The zero-order chi connectivity index (χ0) is 14.3. The molecule has 1 aromatic rings. The Kier molecular flexibility index (Phi) is 7.11. The van der Waals surface area contributed by atoms with E-state index in [1.165, 1.54) is 11.1 Å². The SMILES string of the molecule is Cc1cccc(C(CNC(C)C)OCCC(C)C)c1. The number of rotatable bonds is 8. The van der Waals surface area contributed by atoms with Crippen LogP contribution in [0.1, 0.15) is 51.3 Å². The zero-order valence-corrected chi connectivity index (χ0v) is 13.1. The predicted molar refractivity (Wildman–Crippen MR) is 82.5 cm³/mol. The van der Waals surface area contributed by atoms with Crippen molar-refractivity contribution in [3.63, 3.8) is 0 Å². The van der Waals surface area contributed by atoms with E-state index in [1.807, 2.05) is 0 Å². The smallest absolute Gasteiger partial charge is 0.0949 e. The molecule has 2 nitrogen and oxygen atoms in total. The standard InChI is InChI=1S/C17H29NO/c1-13(2)9-10-19-17(12-18-14(3)4)16-8-6-7-15(5)11-16/h6-8,11,13-14,17-18H,9-10,12H2,1-5H3. The van der Waals surface area contributed by atoms with Gasteiger partial charge in [-0.3, -0.25) is 0 Å². The van der Waals surface area contributed by atoms with Crippen LogP contribution in [0.25, 0.3) is 0 Å². The summed E-state index contributed by atoms with van der Waals surface area (Å²) in [6, 6.07) is 9.11. The van der Waals surface area contributed by atoms with Crippen LogP contribution >= 0.6 is 0 Å². The van der Waals surface area contributed by atoms with E-state index in [4.69, 9.17) is 4.74 Å². The molecule has 1 N–H and O–H groups in total. The maximum absolute atomic E-state index is 6.08. The highest BCUT2D eigenvalue weighted by Crippen LogP contribution is 2.19. The Bertz CT molecular complexity index is 360. The molecule has 0 aliphatic heterocycles. The molecule has 1 atom stereocenters. The van der Waals surface area contributed by atoms with Gasteiger partial charge >= 0.3 is 0 Å². The molecular formula is C17H29NO. The molecule has 1 rings (SSSR count). The Morgan fingerprint density at radius 1 is 1.16 bits per heavy atom. The number of aryl methyl sites for hydroxylation is 1. The van der Waals surface area contributed by atoms with Gasteiger partial charge in [-0.05, 0) is 24.8 Å². The third kappa shape index (κ3) is 6.74. The van der Waals surface area contributed by atoms with E-state index in [0.29, 0.717) is 12.0 Å². The van der Waals surface area contributed by atoms with E-state index in [1.54, 1.807) is 0 Å². The van der Waals surface area contributed by atoms with Crippen LogP contribution in [-0.4, -0.2) is 19.2 Å². The van der Waals surface area contributed by atoms with Crippen molar-refractivity contribution in [2.24, 2.45) is 5.92 Å². The topological polar surface area (TPSA) is 21.3 Å². The quantitative estimate of drug-likeness (QED) is 0.762. The summed E-state index contributed by atoms with van der Waals surface area (Å²) < 4.78 is 6.08. The van der Waals surface area contributed by atoms with Gasteiger partial charge in [-0.25, -0.2) is 0 Å². The van der Waals surface area contributed by atoms with Gasteiger partial charge < -0.3 is 10.1 Å². The van der Waals surface area contributed by atoms with Crippen LogP contribution in [-0.2, 0) is 4.74 Å². The van der Waals surface area contributed by atoms with Gasteiger partial charge in [0.2, 0.25) is 0 Å². The second-order valence-electron chi connectivity index (χ2n) is 6.02.